The van der Waals surface area contributed by atoms with Crippen LogP contribution in [0.15, 0.2) is 17.1 Å². The van der Waals surface area contributed by atoms with Gasteiger partial charge in [-0.25, -0.2) is 4.98 Å². The van der Waals surface area contributed by atoms with Crippen LogP contribution in [-0.2, 0) is 0 Å². The fourth-order valence-corrected chi connectivity index (χ4v) is 3.83. The molecule has 2 heterocycles. The first-order chi connectivity index (χ1) is 7.84. The van der Waals surface area contributed by atoms with Crippen molar-refractivity contribution < 1.29 is 0 Å². The van der Waals surface area contributed by atoms with E-state index in [2.05, 4.69) is 10.4 Å². The maximum Gasteiger partial charge on any atom is 0.135 e. The Labute approximate surface area is 102 Å². The molecule has 84 valence electrons. The van der Waals surface area contributed by atoms with E-state index >= 15 is 0 Å². The molecule has 2 aromatic rings. The van der Waals surface area contributed by atoms with Gasteiger partial charge in [-0.1, -0.05) is 6.42 Å². The predicted octanol–water partition coefficient (Wildman–Crippen LogP) is 2.86. The van der Waals surface area contributed by atoms with Gasteiger partial charge in [0.05, 0.1) is 16.1 Å². The highest BCUT2D eigenvalue weighted by Gasteiger charge is 2.27. The topological polar surface area (TPSA) is 51.8 Å². The van der Waals surface area contributed by atoms with Crippen LogP contribution in [0.1, 0.15) is 30.9 Å². The zero-order valence-electron chi connectivity index (χ0n) is 8.80. The van der Waals surface area contributed by atoms with E-state index in [9.17, 15) is 0 Å². The van der Waals surface area contributed by atoms with Crippen molar-refractivity contribution in [3.05, 3.63) is 22.8 Å². The molecule has 3 rings (SSSR count). The summed E-state index contributed by atoms with van der Waals surface area (Å²) in [4.78, 5) is 9.93. The van der Waals surface area contributed by atoms with E-state index in [1.807, 2.05) is 11.7 Å². The fraction of sp³-hybridized carbons (Fsp3) is 0.455. The number of aromatic nitrogens is 2. The molecule has 2 atom stereocenters. The third-order valence-corrected chi connectivity index (χ3v) is 4.92. The Balaban J connectivity index is 1.88. The normalized spacial score (nSPS) is 25.1. The second-order valence-corrected chi connectivity index (χ2v) is 5.89. The van der Waals surface area contributed by atoms with Crippen LogP contribution in [0.5, 0.6) is 0 Å². The van der Waals surface area contributed by atoms with Crippen molar-refractivity contribution in [3.63, 3.8) is 0 Å². The Hall–Kier alpha value is -0.780. The SMILES string of the molecule is NC1CCCC1c1csc(-c2cncs2)n1. The van der Waals surface area contributed by atoms with Crippen LogP contribution < -0.4 is 5.73 Å². The molecule has 1 aliphatic rings. The van der Waals surface area contributed by atoms with E-state index in [4.69, 9.17) is 10.7 Å². The molecule has 0 saturated heterocycles. The van der Waals surface area contributed by atoms with E-state index in [1.165, 1.54) is 18.5 Å². The zero-order chi connectivity index (χ0) is 11.0. The van der Waals surface area contributed by atoms with Crippen molar-refractivity contribution in [2.24, 2.45) is 5.73 Å². The van der Waals surface area contributed by atoms with Gasteiger partial charge in [0.2, 0.25) is 0 Å². The lowest BCUT2D eigenvalue weighted by atomic mass is 10.0. The standard InChI is InChI=1S/C11H13N3S2/c12-8-3-1-2-7(8)9-5-15-11(14-9)10-4-13-6-16-10/h4-8H,1-3,12H2. The molecule has 2 aromatic heterocycles. The fourth-order valence-electron chi connectivity index (χ4n) is 2.25. The van der Waals surface area contributed by atoms with Crippen molar-refractivity contribution in [2.75, 3.05) is 0 Å². The van der Waals surface area contributed by atoms with E-state index < -0.39 is 0 Å². The summed E-state index contributed by atoms with van der Waals surface area (Å²) in [5.74, 6) is 0.470. The Morgan fingerprint density at radius 1 is 1.31 bits per heavy atom. The highest BCUT2D eigenvalue weighted by Crippen LogP contribution is 2.36. The number of nitrogens with two attached hydrogens (primary N) is 1. The molecule has 5 heteroatoms. The zero-order valence-corrected chi connectivity index (χ0v) is 10.4. The van der Waals surface area contributed by atoms with Gasteiger partial charge in [-0.15, -0.1) is 22.7 Å². The summed E-state index contributed by atoms with van der Waals surface area (Å²) in [6, 6.07) is 0.302. The molecular formula is C11H13N3S2. The molecule has 2 N–H and O–H groups in total. The van der Waals surface area contributed by atoms with Gasteiger partial charge in [0.1, 0.15) is 5.01 Å². The average molecular weight is 251 g/mol. The number of rotatable bonds is 2. The van der Waals surface area contributed by atoms with Crippen LogP contribution in [-0.4, -0.2) is 16.0 Å². The summed E-state index contributed by atoms with van der Waals surface area (Å²) < 4.78 is 0. The Morgan fingerprint density at radius 3 is 2.94 bits per heavy atom. The highest BCUT2D eigenvalue weighted by molar-refractivity contribution is 7.19. The van der Waals surface area contributed by atoms with E-state index in [0.717, 1.165) is 16.3 Å². The van der Waals surface area contributed by atoms with Crippen molar-refractivity contribution >= 4 is 22.7 Å². The minimum absolute atomic E-state index is 0.302. The van der Waals surface area contributed by atoms with Crippen molar-refractivity contribution in [1.82, 2.24) is 9.97 Å². The lowest BCUT2D eigenvalue weighted by Gasteiger charge is -2.11. The first-order valence-corrected chi connectivity index (χ1v) is 7.20. The van der Waals surface area contributed by atoms with Gasteiger partial charge in [0.15, 0.2) is 0 Å². The number of hydrogen-bond acceptors (Lipinski definition) is 5. The van der Waals surface area contributed by atoms with Gasteiger partial charge >= 0.3 is 0 Å². The van der Waals surface area contributed by atoms with E-state index in [0.29, 0.717) is 12.0 Å². The third-order valence-electron chi connectivity index (χ3n) is 3.11. The van der Waals surface area contributed by atoms with Crippen LogP contribution in [0, 0.1) is 0 Å². The summed E-state index contributed by atoms with van der Waals surface area (Å²) in [6.07, 6.45) is 5.44. The summed E-state index contributed by atoms with van der Waals surface area (Å²) in [5.41, 5.74) is 9.12. The molecule has 0 aliphatic heterocycles. The van der Waals surface area contributed by atoms with Crippen LogP contribution in [0.2, 0.25) is 0 Å². The molecule has 0 bridgehead atoms. The second-order valence-electron chi connectivity index (χ2n) is 4.14. The number of thiazole rings is 2. The maximum absolute atomic E-state index is 6.09. The molecule has 0 radical (unpaired) electrons. The lowest BCUT2D eigenvalue weighted by Crippen LogP contribution is -2.22. The summed E-state index contributed by atoms with van der Waals surface area (Å²) in [5, 5.41) is 3.24. The minimum Gasteiger partial charge on any atom is -0.327 e. The Morgan fingerprint density at radius 2 is 2.25 bits per heavy atom. The Bertz CT molecular complexity index is 463. The predicted molar refractivity (Wildman–Crippen MR) is 67.8 cm³/mol. The Kier molecular flexibility index (Phi) is 2.75. The summed E-state index contributed by atoms with van der Waals surface area (Å²) >= 11 is 3.34. The van der Waals surface area contributed by atoms with Crippen molar-refractivity contribution in [2.45, 2.75) is 31.2 Å². The quantitative estimate of drug-likeness (QED) is 0.893. The van der Waals surface area contributed by atoms with Gasteiger partial charge in [-0.2, -0.15) is 0 Å². The molecule has 0 spiro atoms. The first-order valence-electron chi connectivity index (χ1n) is 5.44. The molecular weight excluding hydrogens is 238 g/mol. The monoisotopic (exact) mass is 251 g/mol. The van der Waals surface area contributed by atoms with Gasteiger partial charge in [-0.3, -0.25) is 4.98 Å². The second kappa shape index (κ2) is 4.24. The molecule has 1 aliphatic carbocycles. The van der Waals surface area contributed by atoms with Gasteiger partial charge in [-0.05, 0) is 12.8 Å². The minimum atomic E-state index is 0.302. The largest absolute Gasteiger partial charge is 0.327 e. The van der Waals surface area contributed by atoms with Gasteiger partial charge < -0.3 is 5.73 Å². The average Bonchev–Trinajstić information content (AvgIpc) is 2.96. The molecule has 1 saturated carbocycles. The van der Waals surface area contributed by atoms with Crippen molar-refractivity contribution in [1.29, 1.82) is 0 Å². The first kappa shape index (κ1) is 10.4. The van der Waals surface area contributed by atoms with Crippen LogP contribution in [0.4, 0.5) is 0 Å². The molecule has 1 fully saturated rings. The maximum atomic E-state index is 6.09. The third kappa shape index (κ3) is 1.79. The van der Waals surface area contributed by atoms with E-state index in [1.54, 1.807) is 22.7 Å². The number of hydrogen-bond donors (Lipinski definition) is 1. The lowest BCUT2D eigenvalue weighted by molar-refractivity contribution is 0.602. The van der Waals surface area contributed by atoms with Crippen LogP contribution in [0.25, 0.3) is 9.88 Å². The highest BCUT2D eigenvalue weighted by atomic mass is 32.1. The molecule has 3 nitrogen and oxygen atoms in total. The molecule has 0 aromatic carbocycles. The van der Waals surface area contributed by atoms with Crippen LogP contribution >= 0.6 is 22.7 Å². The van der Waals surface area contributed by atoms with Gasteiger partial charge in [0.25, 0.3) is 0 Å². The van der Waals surface area contributed by atoms with Crippen LogP contribution in [0.3, 0.4) is 0 Å². The van der Waals surface area contributed by atoms with E-state index in [-0.39, 0.29) is 0 Å². The molecule has 0 amide bonds. The molecule has 2 unspecified atom stereocenters. The van der Waals surface area contributed by atoms with Crippen molar-refractivity contribution in [3.8, 4) is 9.88 Å². The van der Waals surface area contributed by atoms with Gasteiger partial charge in [0, 0.05) is 23.5 Å². The smallest absolute Gasteiger partial charge is 0.135 e. The molecule has 16 heavy (non-hydrogen) atoms. The number of nitrogens with zero attached hydrogens (tertiary/aromatic N) is 2. The summed E-state index contributed by atoms with van der Waals surface area (Å²) in [7, 11) is 0. The summed E-state index contributed by atoms with van der Waals surface area (Å²) in [6.45, 7) is 0.